The molecule has 0 aromatic carbocycles. The standard InChI is InChI=1S/C15H22N2O2/c1-10-8-11(14(18)19)9-13(16-10)17-12-4-6-15(2,3)7-5-12/h8-9,12H,4-7H2,1-3H3,(H,16,17)(H,18,19). The number of hydrogen-bond donors (Lipinski definition) is 2. The van der Waals surface area contributed by atoms with Gasteiger partial charge in [0, 0.05) is 11.7 Å². The van der Waals surface area contributed by atoms with E-state index in [1.54, 1.807) is 12.1 Å². The Morgan fingerprint density at radius 2 is 2.00 bits per heavy atom. The molecule has 4 nitrogen and oxygen atoms in total. The van der Waals surface area contributed by atoms with Crippen molar-refractivity contribution in [2.24, 2.45) is 5.41 Å². The molecule has 1 fully saturated rings. The van der Waals surface area contributed by atoms with E-state index in [0.29, 0.717) is 22.8 Å². The number of carboxylic acids is 1. The molecule has 1 aliphatic carbocycles. The summed E-state index contributed by atoms with van der Waals surface area (Å²) in [6.07, 6.45) is 4.63. The lowest BCUT2D eigenvalue weighted by Crippen LogP contribution is -2.30. The maximum Gasteiger partial charge on any atom is 0.335 e. The van der Waals surface area contributed by atoms with Crippen LogP contribution < -0.4 is 5.32 Å². The van der Waals surface area contributed by atoms with Crippen molar-refractivity contribution in [3.63, 3.8) is 0 Å². The molecular weight excluding hydrogens is 240 g/mol. The highest BCUT2D eigenvalue weighted by molar-refractivity contribution is 5.88. The van der Waals surface area contributed by atoms with E-state index in [4.69, 9.17) is 5.11 Å². The summed E-state index contributed by atoms with van der Waals surface area (Å²) >= 11 is 0. The number of rotatable bonds is 3. The minimum absolute atomic E-state index is 0.297. The van der Waals surface area contributed by atoms with Crippen molar-refractivity contribution in [1.82, 2.24) is 4.98 Å². The van der Waals surface area contributed by atoms with Gasteiger partial charge in [-0.05, 0) is 50.2 Å². The summed E-state index contributed by atoms with van der Waals surface area (Å²) in [6.45, 7) is 6.43. The zero-order valence-electron chi connectivity index (χ0n) is 11.9. The number of hydrogen-bond acceptors (Lipinski definition) is 3. The minimum atomic E-state index is -0.904. The van der Waals surface area contributed by atoms with E-state index in [1.165, 1.54) is 12.8 Å². The van der Waals surface area contributed by atoms with E-state index in [0.717, 1.165) is 18.5 Å². The number of aromatic nitrogens is 1. The van der Waals surface area contributed by atoms with Crippen molar-refractivity contribution < 1.29 is 9.90 Å². The fraction of sp³-hybridized carbons (Fsp3) is 0.600. The Balaban J connectivity index is 2.05. The Kier molecular flexibility index (Phi) is 3.78. The summed E-state index contributed by atoms with van der Waals surface area (Å²) in [7, 11) is 0. The van der Waals surface area contributed by atoms with Crippen molar-refractivity contribution in [1.29, 1.82) is 0 Å². The Hall–Kier alpha value is -1.58. The minimum Gasteiger partial charge on any atom is -0.478 e. The highest BCUT2D eigenvalue weighted by atomic mass is 16.4. The number of nitrogens with one attached hydrogen (secondary N) is 1. The van der Waals surface area contributed by atoms with Gasteiger partial charge in [-0.15, -0.1) is 0 Å². The molecule has 0 spiro atoms. The van der Waals surface area contributed by atoms with Crippen LogP contribution in [-0.2, 0) is 0 Å². The van der Waals surface area contributed by atoms with Crippen molar-refractivity contribution in [2.45, 2.75) is 52.5 Å². The number of carbonyl (C=O) groups is 1. The molecule has 4 heteroatoms. The van der Waals surface area contributed by atoms with Gasteiger partial charge in [-0.3, -0.25) is 0 Å². The van der Waals surface area contributed by atoms with Gasteiger partial charge in [0.15, 0.2) is 0 Å². The van der Waals surface area contributed by atoms with Crippen LogP contribution in [0.15, 0.2) is 12.1 Å². The molecule has 2 N–H and O–H groups in total. The monoisotopic (exact) mass is 262 g/mol. The second-order valence-corrected chi connectivity index (χ2v) is 6.27. The molecule has 0 unspecified atom stereocenters. The van der Waals surface area contributed by atoms with Gasteiger partial charge in [-0.2, -0.15) is 0 Å². The van der Waals surface area contributed by atoms with Crippen molar-refractivity contribution in [2.75, 3.05) is 5.32 Å². The normalized spacial score (nSPS) is 19.1. The molecule has 19 heavy (non-hydrogen) atoms. The van der Waals surface area contributed by atoms with Crippen LogP contribution in [0.4, 0.5) is 5.82 Å². The van der Waals surface area contributed by atoms with Crippen LogP contribution in [0.25, 0.3) is 0 Å². The number of anilines is 1. The predicted octanol–water partition coefficient (Wildman–Crippen LogP) is 3.47. The van der Waals surface area contributed by atoms with Crippen LogP contribution in [0.1, 0.15) is 55.6 Å². The van der Waals surface area contributed by atoms with Crippen LogP contribution in [0.5, 0.6) is 0 Å². The molecule has 0 bridgehead atoms. The lowest BCUT2D eigenvalue weighted by atomic mass is 9.75. The first kappa shape index (κ1) is 13.8. The fourth-order valence-electron chi connectivity index (χ4n) is 2.62. The van der Waals surface area contributed by atoms with E-state index >= 15 is 0 Å². The predicted molar refractivity (Wildman–Crippen MR) is 75.6 cm³/mol. The maximum absolute atomic E-state index is 11.0. The van der Waals surface area contributed by atoms with Crippen LogP contribution in [0, 0.1) is 12.3 Å². The number of carboxylic acid groups (broad SMARTS) is 1. The summed E-state index contributed by atoms with van der Waals surface area (Å²) in [6, 6.07) is 3.62. The summed E-state index contributed by atoms with van der Waals surface area (Å²) < 4.78 is 0. The lowest BCUT2D eigenvalue weighted by Gasteiger charge is -2.34. The SMILES string of the molecule is Cc1cc(C(=O)O)cc(NC2CCC(C)(C)CC2)n1. The average Bonchev–Trinajstić information content (AvgIpc) is 2.31. The summed E-state index contributed by atoms with van der Waals surface area (Å²) in [4.78, 5) is 15.4. The van der Waals surface area contributed by atoms with Gasteiger partial charge in [-0.25, -0.2) is 9.78 Å². The molecule has 1 aliphatic rings. The summed E-state index contributed by atoms with van der Waals surface area (Å²) in [5.74, 6) is -0.222. The Morgan fingerprint density at radius 3 is 2.58 bits per heavy atom. The Bertz CT molecular complexity index is 473. The van der Waals surface area contributed by atoms with Crippen molar-refractivity contribution in [3.8, 4) is 0 Å². The molecule has 2 rings (SSSR count). The maximum atomic E-state index is 11.0. The van der Waals surface area contributed by atoms with E-state index in [9.17, 15) is 4.79 Å². The highest BCUT2D eigenvalue weighted by Gasteiger charge is 2.26. The molecule has 0 amide bonds. The molecule has 0 saturated heterocycles. The number of aryl methyl sites for hydroxylation is 1. The summed E-state index contributed by atoms with van der Waals surface area (Å²) in [5.41, 5.74) is 1.47. The zero-order valence-corrected chi connectivity index (χ0v) is 11.9. The van der Waals surface area contributed by atoms with Gasteiger partial charge in [0.05, 0.1) is 5.56 Å². The second kappa shape index (κ2) is 5.19. The molecule has 0 aliphatic heterocycles. The largest absolute Gasteiger partial charge is 0.478 e. The van der Waals surface area contributed by atoms with E-state index < -0.39 is 5.97 Å². The molecule has 0 atom stereocenters. The smallest absolute Gasteiger partial charge is 0.335 e. The Labute approximate surface area is 114 Å². The third-order valence-corrected chi connectivity index (χ3v) is 3.89. The van der Waals surface area contributed by atoms with Gasteiger partial charge in [0.2, 0.25) is 0 Å². The third kappa shape index (κ3) is 3.69. The van der Waals surface area contributed by atoms with Crippen LogP contribution in [0.3, 0.4) is 0 Å². The summed E-state index contributed by atoms with van der Waals surface area (Å²) in [5, 5.41) is 12.4. The van der Waals surface area contributed by atoms with Gasteiger partial charge in [0.25, 0.3) is 0 Å². The molecule has 1 heterocycles. The molecule has 1 aromatic rings. The number of aromatic carboxylic acids is 1. The van der Waals surface area contributed by atoms with Gasteiger partial charge in [0.1, 0.15) is 5.82 Å². The van der Waals surface area contributed by atoms with E-state index in [2.05, 4.69) is 24.1 Å². The first-order valence-electron chi connectivity index (χ1n) is 6.84. The highest BCUT2D eigenvalue weighted by Crippen LogP contribution is 2.35. The molecule has 1 aromatic heterocycles. The third-order valence-electron chi connectivity index (χ3n) is 3.89. The van der Waals surface area contributed by atoms with Gasteiger partial charge >= 0.3 is 5.97 Å². The zero-order chi connectivity index (χ0) is 14.0. The molecule has 0 radical (unpaired) electrons. The topological polar surface area (TPSA) is 62.2 Å². The van der Waals surface area contributed by atoms with Crippen LogP contribution >= 0.6 is 0 Å². The van der Waals surface area contributed by atoms with E-state index in [-0.39, 0.29) is 0 Å². The van der Waals surface area contributed by atoms with Crippen LogP contribution in [-0.4, -0.2) is 22.1 Å². The second-order valence-electron chi connectivity index (χ2n) is 6.27. The van der Waals surface area contributed by atoms with E-state index in [1.807, 2.05) is 6.92 Å². The van der Waals surface area contributed by atoms with Crippen LogP contribution in [0.2, 0.25) is 0 Å². The van der Waals surface area contributed by atoms with Crippen molar-refractivity contribution in [3.05, 3.63) is 23.4 Å². The van der Waals surface area contributed by atoms with Gasteiger partial charge < -0.3 is 10.4 Å². The molecule has 104 valence electrons. The lowest BCUT2D eigenvalue weighted by molar-refractivity contribution is 0.0696. The molecule has 1 saturated carbocycles. The first-order valence-corrected chi connectivity index (χ1v) is 6.84. The fourth-order valence-corrected chi connectivity index (χ4v) is 2.62. The Morgan fingerprint density at radius 1 is 1.37 bits per heavy atom. The van der Waals surface area contributed by atoms with Gasteiger partial charge in [-0.1, -0.05) is 13.8 Å². The first-order chi connectivity index (χ1) is 8.85. The number of pyridine rings is 1. The quantitative estimate of drug-likeness (QED) is 0.875. The molecular formula is C15H22N2O2. The number of nitrogens with zero attached hydrogens (tertiary/aromatic N) is 1. The van der Waals surface area contributed by atoms with Crippen molar-refractivity contribution >= 4 is 11.8 Å². The average molecular weight is 262 g/mol.